The fourth-order valence-corrected chi connectivity index (χ4v) is 1.38. The van der Waals surface area contributed by atoms with Crippen molar-refractivity contribution in [2.45, 2.75) is 18.9 Å². The maximum atomic E-state index is 13.6. The number of hydrogen-bond donors (Lipinski definition) is 4. The summed E-state index contributed by atoms with van der Waals surface area (Å²) >= 11 is 0. The number of hydrogen-bond acceptors (Lipinski definition) is 4. The van der Waals surface area contributed by atoms with Gasteiger partial charge in [0.1, 0.15) is 17.2 Å². The second-order valence-corrected chi connectivity index (χ2v) is 4.24. The van der Waals surface area contributed by atoms with Crippen LogP contribution in [-0.4, -0.2) is 33.8 Å². The van der Waals surface area contributed by atoms with E-state index >= 15 is 0 Å². The predicted molar refractivity (Wildman–Crippen MR) is 60.1 cm³/mol. The Bertz CT molecular complexity index is 456. The third kappa shape index (κ3) is 3.03. The molecule has 0 heterocycles. The van der Waals surface area contributed by atoms with Crippen LogP contribution < -0.4 is 11.2 Å². The molecule has 0 unspecified atom stereocenters. The summed E-state index contributed by atoms with van der Waals surface area (Å²) < 4.78 is 27.1. The minimum atomic E-state index is -2.01. The molecule has 98 valence electrons. The summed E-state index contributed by atoms with van der Waals surface area (Å²) in [6.07, 6.45) is -0.554. The van der Waals surface area contributed by atoms with Crippen molar-refractivity contribution in [3.63, 3.8) is 0 Å². The van der Waals surface area contributed by atoms with E-state index in [9.17, 15) is 13.6 Å². The van der Waals surface area contributed by atoms with E-state index < -0.39 is 42.2 Å². The number of carboxylic acid groups (broad SMARTS) is 1. The van der Waals surface area contributed by atoms with Crippen LogP contribution in [0.2, 0.25) is 0 Å². The summed E-state index contributed by atoms with van der Waals surface area (Å²) in [7, 11) is -2.01. The topological polar surface area (TPSA) is 104 Å². The van der Waals surface area contributed by atoms with Crippen molar-refractivity contribution in [2.75, 3.05) is 0 Å². The highest BCUT2D eigenvalue weighted by Crippen LogP contribution is 2.17. The van der Waals surface area contributed by atoms with Crippen LogP contribution in [0.1, 0.15) is 12.5 Å². The highest BCUT2D eigenvalue weighted by molar-refractivity contribution is 6.58. The molecule has 1 atom stereocenters. The molecule has 0 spiro atoms. The summed E-state index contributed by atoms with van der Waals surface area (Å²) in [4.78, 5) is 10.8. The lowest BCUT2D eigenvalue weighted by atomic mass is 9.79. The van der Waals surface area contributed by atoms with E-state index in [4.69, 9.17) is 20.9 Å². The van der Waals surface area contributed by atoms with Gasteiger partial charge in [-0.25, -0.2) is 8.78 Å². The SMILES string of the molecule is C[C@@](N)(Cc1c(F)cc(B(O)O)cc1F)C(=O)O. The van der Waals surface area contributed by atoms with Crippen molar-refractivity contribution < 1.29 is 28.7 Å². The predicted octanol–water partition coefficient (Wildman–Crippen LogP) is -1.01. The second-order valence-electron chi connectivity index (χ2n) is 4.24. The molecule has 0 radical (unpaired) electrons. The maximum absolute atomic E-state index is 13.6. The molecule has 0 fully saturated rings. The van der Waals surface area contributed by atoms with Gasteiger partial charge in [-0.15, -0.1) is 0 Å². The molecule has 0 aliphatic heterocycles. The van der Waals surface area contributed by atoms with Crippen molar-refractivity contribution in [3.8, 4) is 0 Å². The Labute approximate surface area is 102 Å². The van der Waals surface area contributed by atoms with E-state index in [1.54, 1.807) is 0 Å². The highest BCUT2D eigenvalue weighted by atomic mass is 19.1. The molecular formula is C10H12BF2NO4. The van der Waals surface area contributed by atoms with E-state index in [-0.39, 0.29) is 5.46 Å². The van der Waals surface area contributed by atoms with E-state index in [0.29, 0.717) is 0 Å². The number of halogens is 2. The number of carboxylic acids is 1. The molecule has 18 heavy (non-hydrogen) atoms. The normalized spacial score (nSPS) is 14.1. The third-order valence-electron chi connectivity index (χ3n) is 2.49. The molecule has 1 rings (SSSR count). The minimum Gasteiger partial charge on any atom is -0.480 e. The quantitative estimate of drug-likeness (QED) is 0.518. The number of rotatable bonds is 4. The number of nitrogens with two attached hydrogens (primary N) is 1. The zero-order valence-corrected chi connectivity index (χ0v) is 9.52. The molecule has 1 aromatic rings. The molecule has 0 saturated carbocycles. The molecule has 0 aliphatic carbocycles. The van der Waals surface area contributed by atoms with Crippen LogP contribution in [0.25, 0.3) is 0 Å². The molecule has 0 aliphatic rings. The monoisotopic (exact) mass is 259 g/mol. The molecule has 5 N–H and O–H groups in total. The Kier molecular flexibility index (Phi) is 4.05. The zero-order valence-electron chi connectivity index (χ0n) is 9.52. The van der Waals surface area contributed by atoms with Gasteiger partial charge >= 0.3 is 13.1 Å². The highest BCUT2D eigenvalue weighted by Gasteiger charge is 2.31. The Balaban J connectivity index is 3.16. The van der Waals surface area contributed by atoms with Gasteiger partial charge < -0.3 is 20.9 Å². The van der Waals surface area contributed by atoms with E-state index in [2.05, 4.69) is 0 Å². The van der Waals surface area contributed by atoms with Gasteiger partial charge in [0.15, 0.2) is 0 Å². The molecule has 8 heteroatoms. The summed E-state index contributed by atoms with van der Waals surface area (Å²) in [5.41, 5.74) is 2.71. The number of carbonyl (C=O) groups is 1. The fourth-order valence-electron chi connectivity index (χ4n) is 1.38. The number of aliphatic carboxylic acids is 1. The van der Waals surface area contributed by atoms with Crippen molar-refractivity contribution in [1.82, 2.24) is 0 Å². The lowest BCUT2D eigenvalue weighted by Gasteiger charge is -2.20. The third-order valence-corrected chi connectivity index (χ3v) is 2.49. The van der Waals surface area contributed by atoms with Crippen molar-refractivity contribution in [3.05, 3.63) is 29.3 Å². The van der Waals surface area contributed by atoms with E-state index in [1.807, 2.05) is 0 Å². The fraction of sp³-hybridized carbons (Fsp3) is 0.300. The first-order valence-electron chi connectivity index (χ1n) is 5.01. The first kappa shape index (κ1) is 14.6. The van der Waals surface area contributed by atoms with Crippen LogP contribution in [0.4, 0.5) is 8.78 Å². The largest absolute Gasteiger partial charge is 0.488 e. The average molecular weight is 259 g/mol. The Hall–Kier alpha value is -1.51. The van der Waals surface area contributed by atoms with Gasteiger partial charge in [0.2, 0.25) is 0 Å². The van der Waals surface area contributed by atoms with Gasteiger partial charge in [-0.1, -0.05) is 0 Å². The second kappa shape index (κ2) is 5.01. The average Bonchev–Trinajstić information content (AvgIpc) is 2.22. The van der Waals surface area contributed by atoms with E-state index in [1.165, 1.54) is 0 Å². The molecule has 0 amide bonds. The number of benzene rings is 1. The van der Waals surface area contributed by atoms with Crippen LogP contribution in [0, 0.1) is 11.6 Å². The van der Waals surface area contributed by atoms with Crippen LogP contribution in [-0.2, 0) is 11.2 Å². The molecule has 1 aromatic carbocycles. The summed E-state index contributed by atoms with van der Waals surface area (Å²) in [6.45, 7) is 1.13. The Morgan fingerprint density at radius 3 is 2.17 bits per heavy atom. The van der Waals surface area contributed by atoms with Gasteiger partial charge in [0.05, 0.1) is 0 Å². The zero-order chi connectivity index (χ0) is 14.1. The summed E-state index contributed by atoms with van der Waals surface area (Å²) in [5, 5.41) is 26.4. The van der Waals surface area contributed by atoms with Crippen molar-refractivity contribution in [1.29, 1.82) is 0 Å². The standard InChI is InChI=1S/C10H12BF2NO4/c1-10(14,9(15)16)4-6-7(12)2-5(11(17)18)3-8(6)13/h2-3,17-18H,4,14H2,1H3,(H,15,16)/t10-/m1/s1. The minimum absolute atomic E-state index is 0.359. The van der Waals surface area contributed by atoms with Gasteiger partial charge in [-0.2, -0.15) is 0 Å². The molecular weight excluding hydrogens is 247 g/mol. The Morgan fingerprint density at radius 2 is 1.83 bits per heavy atom. The molecule has 0 bridgehead atoms. The van der Waals surface area contributed by atoms with E-state index in [0.717, 1.165) is 19.1 Å². The van der Waals surface area contributed by atoms with Gasteiger partial charge in [-0.3, -0.25) is 4.79 Å². The molecule has 0 aromatic heterocycles. The summed E-state index contributed by atoms with van der Waals surface area (Å²) in [6, 6.07) is 1.45. The van der Waals surface area contributed by atoms with Crippen LogP contribution in [0.3, 0.4) is 0 Å². The van der Waals surface area contributed by atoms with Crippen molar-refractivity contribution >= 4 is 18.6 Å². The van der Waals surface area contributed by atoms with Gasteiger partial charge in [-0.05, 0) is 24.5 Å². The van der Waals surface area contributed by atoms with Gasteiger partial charge in [0, 0.05) is 12.0 Å². The summed E-state index contributed by atoms with van der Waals surface area (Å²) in [5.74, 6) is -3.54. The van der Waals surface area contributed by atoms with Crippen molar-refractivity contribution in [2.24, 2.45) is 5.73 Å². The first-order chi connectivity index (χ1) is 8.15. The van der Waals surface area contributed by atoms with Crippen LogP contribution in [0.5, 0.6) is 0 Å². The lowest BCUT2D eigenvalue weighted by molar-refractivity contribution is -0.142. The first-order valence-corrected chi connectivity index (χ1v) is 5.01. The van der Waals surface area contributed by atoms with Gasteiger partial charge in [0.25, 0.3) is 0 Å². The maximum Gasteiger partial charge on any atom is 0.488 e. The lowest BCUT2D eigenvalue weighted by Crippen LogP contribution is -2.47. The molecule has 5 nitrogen and oxygen atoms in total. The Morgan fingerprint density at radius 1 is 1.39 bits per heavy atom. The van der Waals surface area contributed by atoms with Crippen LogP contribution in [0.15, 0.2) is 12.1 Å². The molecule has 0 saturated heterocycles. The van der Waals surface area contributed by atoms with Crippen LogP contribution >= 0.6 is 0 Å². The smallest absolute Gasteiger partial charge is 0.480 e.